The Kier molecular flexibility index (Phi) is 3.45. The van der Waals surface area contributed by atoms with Gasteiger partial charge in [0.1, 0.15) is 17.1 Å². The highest BCUT2D eigenvalue weighted by molar-refractivity contribution is 5.98. The van der Waals surface area contributed by atoms with E-state index in [1.54, 1.807) is 0 Å². The van der Waals surface area contributed by atoms with Gasteiger partial charge in [0.15, 0.2) is 0 Å². The van der Waals surface area contributed by atoms with Gasteiger partial charge in [-0.1, -0.05) is 11.2 Å². The zero-order valence-corrected chi connectivity index (χ0v) is 9.64. The summed E-state index contributed by atoms with van der Waals surface area (Å²) in [5.41, 5.74) is 0.318. The molecule has 0 spiro atoms. The SMILES string of the molecule is O=C(c1c(O)cccc1F)N1CCC(=NO)CC1. The summed E-state index contributed by atoms with van der Waals surface area (Å²) in [5, 5.41) is 21.2. The van der Waals surface area contributed by atoms with Crippen LogP contribution in [0.1, 0.15) is 23.2 Å². The maximum atomic E-state index is 13.5. The predicted molar refractivity (Wildman–Crippen MR) is 62.4 cm³/mol. The Morgan fingerprint density at radius 1 is 1.33 bits per heavy atom. The summed E-state index contributed by atoms with van der Waals surface area (Å²) < 4.78 is 13.5. The molecule has 2 rings (SSSR count). The zero-order valence-electron chi connectivity index (χ0n) is 9.64. The van der Waals surface area contributed by atoms with Gasteiger partial charge in [-0.15, -0.1) is 0 Å². The number of carbonyl (C=O) groups is 1. The van der Waals surface area contributed by atoms with Gasteiger partial charge in [0.05, 0.1) is 5.71 Å². The van der Waals surface area contributed by atoms with Crippen molar-refractivity contribution in [2.75, 3.05) is 13.1 Å². The molecule has 0 atom stereocenters. The number of halogens is 1. The van der Waals surface area contributed by atoms with Gasteiger partial charge in [-0.2, -0.15) is 0 Å². The molecule has 1 heterocycles. The van der Waals surface area contributed by atoms with Gasteiger partial charge >= 0.3 is 0 Å². The predicted octanol–water partition coefficient (Wildman–Crippen LogP) is 1.60. The van der Waals surface area contributed by atoms with E-state index in [1.807, 2.05) is 0 Å². The van der Waals surface area contributed by atoms with Gasteiger partial charge in [-0.3, -0.25) is 4.79 Å². The van der Waals surface area contributed by atoms with Crippen molar-refractivity contribution in [1.82, 2.24) is 4.90 Å². The fourth-order valence-corrected chi connectivity index (χ4v) is 1.95. The van der Waals surface area contributed by atoms with E-state index in [-0.39, 0.29) is 11.3 Å². The molecule has 18 heavy (non-hydrogen) atoms. The number of amides is 1. The number of nitrogens with zero attached hydrogens (tertiary/aromatic N) is 2. The topological polar surface area (TPSA) is 73.1 Å². The van der Waals surface area contributed by atoms with Gasteiger partial charge in [-0.25, -0.2) is 4.39 Å². The van der Waals surface area contributed by atoms with E-state index in [2.05, 4.69) is 5.16 Å². The van der Waals surface area contributed by atoms with Gasteiger partial charge in [0.25, 0.3) is 5.91 Å². The molecule has 0 aromatic heterocycles. The standard InChI is InChI=1S/C12H13FN2O3/c13-9-2-1-3-10(16)11(9)12(17)15-6-4-8(14-18)5-7-15/h1-3,16,18H,4-7H2. The Hall–Kier alpha value is -2.11. The van der Waals surface area contributed by atoms with Crippen molar-refractivity contribution in [2.45, 2.75) is 12.8 Å². The quantitative estimate of drug-likeness (QED) is 0.589. The van der Waals surface area contributed by atoms with E-state index in [1.165, 1.54) is 17.0 Å². The molecular weight excluding hydrogens is 239 g/mol. The van der Waals surface area contributed by atoms with Gasteiger partial charge in [-0.05, 0) is 12.1 Å². The highest BCUT2D eigenvalue weighted by atomic mass is 19.1. The number of hydrogen-bond acceptors (Lipinski definition) is 4. The first-order chi connectivity index (χ1) is 8.63. The van der Waals surface area contributed by atoms with E-state index < -0.39 is 11.7 Å². The van der Waals surface area contributed by atoms with Crippen LogP contribution in [0.3, 0.4) is 0 Å². The van der Waals surface area contributed by atoms with Crippen LogP contribution >= 0.6 is 0 Å². The number of aromatic hydroxyl groups is 1. The second-order valence-electron chi connectivity index (χ2n) is 4.09. The molecule has 0 aliphatic carbocycles. The lowest BCUT2D eigenvalue weighted by molar-refractivity contribution is 0.0745. The average molecular weight is 252 g/mol. The summed E-state index contributed by atoms with van der Waals surface area (Å²) >= 11 is 0. The number of hydrogen-bond donors (Lipinski definition) is 2. The molecule has 1 aliphatic heterocycles. The van der Waals surface area contributed by atoms with E-state index in [0.717, 1.165) is 6.07 Å². The third-order valence-electron chi connectivity index (χ3n) is 2.97. The molecule has 0 radical (unpaired) electrons. The normalized spacial score (nSPS) is 15.6. The van der Waals surface area contributed by atoms with Gasteiger partial charge in [0.2, 0.25) is 0 Å². The molecule has 5 nitrogen and oxygen atoms in total. The van der Waals surface area contributed by atoms with Gasteiger partial charge in [0, 0.05) is 25.9 Å². The van der Waals surface area contributed by atoms with Crippen molar-refractivity contribution in [3.63, 3.8) is 0 Å². The number of rotatable bonds is 1. The van der Waals surface area contributed by atoms with E-state index in [9.17, 15) is 14.3 Å². The van der Waals surface area contributed by atoms with Crippen LogP contribution in [0.25, 0.3) is 0 Å². The number of piperidine rings is 1. The lowest BCUT2D eigenvalue weighted by atomic mass is 10.1. The van der Waals surface area contributed by atoms with E-state index in [4.69, 9.17) is 5.21 Å². The van der Waals surface area contributed by atoms with Crippen molar-refractivity contribution in [1.29, 1.82) is 0 Å². The van der Waals surface area contributed by atoms with Crippen LogP contribution in [-0.2, 0) is 0 Å². The Labute approximate surface area is 103 Å². The van der Waals surface area contributed by atoms with E-state index in [0.29, 0.717) is 31.6 Å². The van der Waals surface area contributed by atoms with Crippen molar-refractivity contribution >= 4 is 11.6 Å². The highest BCUT2D eigenvalue weighted by Crippen LogP contribution is 2.23. The highest BCUT2D eigenvalue weighted by Gasteiger charge is 2.25. The largest absolute Gasteiger partial charge is 0.507 e. The minimum Gasteiger partial charge on any atom is -0.507 e. The molecule has 0 unspecified atom stereocenters. The Morgan fingerprint density at radius 3 is 2.56 bits per heavy atom. The van der Waals surface area contributed by atoms with Crippen LogP contribution in [0.15, 0.2) is 23.4 Å². The maximum absolute atomic E-state index is 13.5. The smallest absolute Gasteiger partial charge is 0.260 e. The minimum atomic E-state index is -0.735. The first-order valence-electron chi connectivity index (χ1n) is 5.60. The fraction of sp³-hybridized carbons (Fsp3) is 0.333. The number of benzene rings is 1. The van der Waals surface area contributed by atoms with Crippen LogP contribution in [0.5, 0.6) is 5.75 Å². The van der Waals surface area contributed by atoms with Crippen molar-refractivity contribution in [3.05, 3.63) is 29.6 Å². The van der Waals surface area contributed by atoms with Gasteiger partial charge < -0.3 is 15.2 Å². The second-order valence-corrected chi connectivity index (χ2v) is 4.09. The molecule has 1 aliphatic rings. The number of carbonyl (C=O) groups excluding carboxylic acids is 1. The number of oxime groups is 1. The summed E-state index contributed by atoms with van der Waals surface area (Å²) in [6.45, 7) is 0.706. The molecule has 1 aromatic carbocycles. The summed E-state index contributed by atoms with van der Waals surface area (Å²) in [7, 11) is 0. The maximum Gasteiger partial charge on any atom is 0.260 e. The molecule has 1 aromatic rings. The third-order valence-corrected chi connectivity index (χ3v) is 2.97. The van der Waals surface area contributed by atoms with Crippen molar-refractivity contribution < 1.29 is 19.5 Å². The summed E-state index contributed by atoms with van der Waals surface area (Å²) in [5.74, 6) is -1.63. The zero-order chi connectivity index (χ0) is 13.1. The minimum absolute atomic E-state index is 0.304. The first-order valence-corrected chi connectivity index (χ1v) is 5.60. The monoisotopic (exact) mass is 252 g/mol. The lowest BCUT2D eigenvalue weighted by Gasteiger charge is -2.27. The number of likely N-dealkylation sites (tertiary alicyclic amines) is 1. The van der Waals surface area contributed by atoms with Crippen molar-refractivity contribution in [3.8, 4) is 5.75 Å². The first kappa shape index (κ1) is 12.3. The second kappa shape index (κ2) is 5.03. The van der Waals surface area contributed by atoms with Crippen LogP contribution in [-0.4, -0.2) is 39.9 Å². The van der Waals surface area contributed by atoms with E-state index >= 15 is 0 Å². The molecule has 96 valence electrons. The lowest BCUT2D eigenvalue weighted by Crippen LogP contribution is -2.39. The summed E-state index contributed by atoms with van der Waals surface area (Å²) in [4.78, 5) is 13.5. The number of phenolic OH excluding ortho intramolecular Hbond substituents is 1. The Balaban J connectivity index is 2.18. The Bertz CT molecular complexity index is 472. The van der Waals surface area contributed by atoms with Crippen LogP contribution in [0.2, 0.25) is 0 Å². The molecule has 2 N–H and O–H groups in total. The molecular formula is C12H13FN2O3. The van der Waals surface area contributed by atoms with Crippen LogP contribution < -0.4 is 0 Å². The molecule has 0 bridgehead atoms. The average Bonchev–Trinajstić information content (AvgIpc) is 2.38. The summed E-state index contributed by atoms with van der Waals surface area (Å²) in [6.07, 6.45) is 0.912. The van der Waals surface area contributed by atoms with Crippen LogP contribution in [0, 0.1) is 5.82 Å². The molecule has 1 fully saturated rings. The van der Waals surface area contributed by atoms with Crippen molar-refractivity contribution in [2.24, 2.45) is 5.16 Å². The number of phenols is 1. The molecule has 6 heteroatoms. The molecule has 1 amide bonds. The molecule has 0 saturated carbocycles. The fourth-order valence-electron chi connectivity index (χ4n) is 1.95. The third kappa shape index (κ3) is 2.27. The Morgan fingerprint density at radius 2 is 2.00 bits per heavy atom. The summed E-state index contributed by atoms with van der Waals surface area (Å²) in [6, 6.07) is 3.76. The van der Waals surface area contributed by atoms with Crippen LogP contribution in [0.4, 0.5) is 4.39 Å². The molecule has 1 saturated heterocycles.